The fourth-order valence-corrected chi connectivity index (χ4v) is 2.97. The lowest BCUT2D eigenvalue weighted by Gasteiger charge is -2.15. The Hall–Kier alpha value is -1.49. The molecule has 2 atom stereocenters. The van der Waals surface area contributed by atoms with Crippen LogP contribution in [0.1, 0.15) is 18.9 Å². The minimum Gasteiger partial charge on any atom is -0.480 e. The number of carbonyl (C=O) groups is 2. The van der Waals surface area contributed by atoms with Crippen molar-refractivity contribution in [1.82, 2.24) is 0 Å². The second-order valence-corrected chi connectivity index (χ2v) is 5.84. The summed E-state index contributed by atoms with van der Waals surface area (Å²) in [7, 11) is 0. The van der Waals surface area contributed by atoms with E-state index in [1.165, 1.54) is 11.8 Å². The number of carboxylic acids is 1. The van der Waals surface area contributed by atoms with Gasteiger partial charge in [0.1, 0.15) is 5.25 Å². The first-order valence-corrected chi connectivity index (χ1v) is 6.79. The standard InChI is InChI=1S/C13H15NO3S/c1-8(13(16)17)18-11-7-6-9-4-2-3-5-10(9)14-12(11)15/h2-5,8,11H,6-7H2,1H3,(H,14,15)(H,16,17). The highest BCUT2D eigenvalue weighted by atomic mass is 32.2. The number of amides is 1. The molecule has 2 unspecified atom stereocenters. The van der Waals surface area contributed by atoms with Gasteiger partial charge in [-0.2, -0.15) is 0 Å². The number of hydrogen-bond acceptors (Lipinski definition) is 3. The zero-order valence-corrected chi connectivity index (χ0v) is 10.9. The van der Waals surface area contributed by atoms with E-state index in [1.807, 2.05) is 24.3 Å². The topological polar surface area (TPSA) is 66.4 Å². The number of nitrogens with one attached hydrogen (secondary N) is 1. The molecule has 0 spiro atoms. The molecule has 1 amide bonds. The molecule has 0 radical (unpaired) electrons. The van der Waals surface area contributed by atoms with Gasteiger partial charge in [-0.05, 0) is 31.4 Å². The lowest BCUT2D eigenvalue weighted by Crippen LogP contribution is -2.27. The zero-order valence-electron chi connectivity index (χ0n) is 10.1. The lowest BCUT2D eigenvalue weighted by atomic mass is 10.1. The molecule has 1 aliphatic rings. The summed E-state index contributed by atoms with van der Waals surface area (Å²) in [6.07, 6.45) is 1.46. The molecule has 0 saturated heterocycles. The number of thioether (sulfide) groups is 1. The van der Waals surface area contributed by atoms with Crippen molar-refractivity contribution in [1.29, 1.82) is 0 Å². The quantitative estimate of drug-likeness (QED) is 0.878. The summed E-state index contributed by atoms with van der Waals surface area (Å²) in [6, 6.07) is 7.69. The molecule has 1 aromatic carbocycles. The van der Waals surface area contributed by atoms with Crippen LogP contribution in [0.2, 0.25) is 0 Å². The molecule has 96 valence electrons. The van der Waals surface area contributed by atoms with Gasteiger partial charge >= 0.3 is 5.97 Å². The summed E-state index contributed by atoms with van der Waals surface area (Å²) in [5.74, 6) is -0.979. The second kappa shape index (κ2) is 5.44. The average molecular weight is 265 g/mol. The first-order valence-electron chi connectivity index (χ1n) is 5.85. The number of aliphatic carboxylic acids is 1. The van der Waals surface area contributed by atoms with Crippen molar-refractivity contribution in [2.75, 3.05) is 5.32 Å². The maximum Gasteiger partial charge on any atom is 0.316 e. The number of carbonyl (C=O) groups excluding carboxylic acids is 1. The van der Waals surface area contributed by atoms with E-state index in [9.17, 15) is 9.59 Å². The zero-order chi connectivity index (χ0) is 13.1. The SMILES string of the molecule is CC(SC1CCc2ccccc2NC1=O)C(=O)O. The Bertz CT molecular complexity index is 475. The van der Waals surface area contributed by atoms with Crippen LogP contribution in [0, 0.1) is 0 Å². The van der Waals surface area contributed by atoms with Crippen LogP contribution in [0.5, 0.6) is 0 Å². The Balaban J connectivity index is 2.10. The summed E-state index contributed by atoms with van der Waals surface area (Å²) in [4.78, 5) is 22.8. The molecule has 1 aliphatic heterocycles. The van der Waals surface area contributed by atoms with Crippen LogP contribution in [0.15, 0.2) is 24.3 Å². The highest BCUT2D eigenvalue weighted by Crippen LogP contribution is 2.29. The van der Waals surface area contributed by atoms with Crippen molar-refractivity contribution in [2.24, 2.45) is 0 Å². The molecule has 4 nitrogen and oxygen atoms in total. The molecule has 2 N–H and O–H groups in total. The number of para-hydroxylation sites is 1. The number of aryl methyl sites for hydroxylation is 1. The molecule has 1 heterocycles. The molecular formula is C13H15NO3S. The number of fused-ring (bicyclic) bond motifs is 1. The van der Waals surface area contributed by atoms with E-state index in [2.05, 4.69) is 5.32 Å². The molecule has 2 rings (SSSR count). The van der Waals surface area contributed by atoms with Gasteiger partial charge in [0.2, 0.25) is 5.91 Å². The van der Waals surface area contributed by atoms with Crippen LogP contribution >= 0.6 is 11.8 Å². The van der Waals surface area contributed by atoms with Crippen LogP contribution in [0.3, 0.4) is 0 Å². The Morgan fingerprint density at radius 3 is 2.94 bits per heavy atom. The number of rotatable bonds is 3. The van der Waals surface area contributed by atoms with Gasteiger partial charge in [0.25, 0.3) is 0 Å². The number of hydrogen-bond donors (Lipinski definition) is 2. The Kier molecular flexibility index (Phi) is 3.91. The molecule has 5 heteroatoms. The summed E-state index contributed by atoms with van der Waals surface area (Å²) >= 11 is 1.21. The first kappa shape index (κ1) is 13.0. The monoisotopic (exact) mass is 265 g/mol. The third-order valence-corrected chi connectivity index (χ3v) is 4.35. The normalized spacial score (nSPS) is 20.5. The van der Waals surface area contributed by atoms with Gasteiger partial charge in [0.15, 0.2) is 0 Å². The fraction of sp³-hybridized carbons (Fsp3) is 0.385. The molecular weight excluding hydrogens is 250 g/mol. The van der Waals surface area contributed by atoms with Gasteiger partial charge in [0, 0.05) is 5.69 Å². The van der Waals surface area contributed by atoms with E-state index >= 15 is 0 Å². The van der Waals surface area contributed by atoms with Crippen LogP contribution in [0.4, 0.5) is 5.69 Å². The molecule has 0 saturated carbocycles. The molecule has 0 aliphatic carbocycles. The minimum atomic E-state index is -0.880. The maximum absolute atomic E-state index is 12.0. The third-order valence-electron chi connectivity index (χ3n) is 2.96. The minimum absolute atomic E-state index is 0.0990. The van der Waals surface area contributed by atoms with Crippen molar-refractivity contribution < 1.29 is 14.7 Å². The molecule has 0 bridgehead atoms. The van der Waals surface area contributed by atoms with Crippen molar-refractivity contribution in [3.8, 4) is 0 Å². The highest BCUT2D eigenvalue weighted by molar-refractivity contribution is 8.01. The number of carboxylic acid groups (broad SMARTS) is 1. The predicted octanol–water partition coefficient (Wildman–Crippen LogP) is 2.15. The van der Waals surface area contributed by atoms with Crippen molar-refractivity contribution in [3.63, 3.8) is 0 Å². The number of benzene rings is 1. The summed E-state index contributed by atoms with van der Waals surface area (Å²) < 4.78 is 0. The molecule has 18 heavy (non-hydrogen) atoms. The summed E-state index contributed by atoms with van der Waals surface area (Å²) in [5.41, 5.74) is 1.95. The van der Waals surface area contributed by atoms with Crippen LogP contribution < -0.4 is 5.32 Å². The Morgan fingerprint density at radius 2 is 2.22 bits per heavy atom. The lowest BCUT2D eigenvalue weighted by molar-refractivity contribution is -0.136. The number of anilines is 1. The molecule has 0 fully saturated rings. The smallest absolute Gasteiger partial charge is 0.316 e. The average Bonchev–Trinajstić information content (AvgIpc) is 2.49. The van der Waals surface area contributed by atoms with Crippen LogP contribution in [0.25, 0.3) is 0 Å². The van der Waals surface area contributed by atoms with Crippen LogP contribution in [-0.4, -0.2) is 27.5 Å². The predicted molar refractivity (Wildman–Crippen MR) is 71.9 cm³/mol. The second-order valence-electron chi connectivity index (χ2n) is 4.29. The fourth-order valence-electron chi connectivity index (χ4n) is 1.93. The van der Waals surface area contributed by atoms with Crippen LogP contribution in [-0.2, 0) is 16.0 Å². The van der Waals surface area contributed by atoms with E-state index in [1.54, 1.807) is 6.92 Å². The highest BCUT2D eigenvalue weighted by Gasteiger charge is 2.27. The third kappa shape index (κ3) is 2.85. The van der Waals surface area contributed by atoms with Gasteiger partial charge in [0.05, 0.1) is 5.25 Å². The largest absolute Gasteiger partial charge is 0.480 e. The van der Waals surface area contributed by atoms with E-state index in [0.717, 1.165) is 17.7 Å². The van der Waals surface area contributed by atoms with Gasteiger partial charge < -0.3 is 10.4 Å². The van der Waals surface area contributed by atoms with E-state index < -0.39 is 11.2 Å². The maximum atomic E-state index is 12.0. The van der Waals surface area contributed by atoms with Gasteiger partial charge in [-0.1, -0.05) is 18.2 Å². The Morgan fingerprint density at radius 1 is 1.50 bits per heavy atom. The molecule has 0 aromatic heterocycles. The first-order chi connectivity index (χ1) is 8.58. The van der Waals surface area contributed by atoms with E-state index in [4.69, 9.17) is 5.11 Å². The Labute approximate surface area is 110 Å². The van der Waals surface area contributed by atoms with Gasteiger partial charge in [-0.25, -0.2) is 0 Å². The van der Waals surface area contributed by atoms with Crippen molar-refractivity contribution in [3.05, 3.63) is 29.8 Å². The van der Waals surface area contributed by atoms with Crippen molar-refractivity contribution >= 4 is 29.3 Å². The van der Waals surface area contributed by atoms with Gasteiger partial charge in [-0.15, -0.1) is 11.8 Å². The van der Waals surface area contributed by atoms with E-state index in [0.29, 0.717) is 6.42 Å². The van der Waals surface area contributed by atoms with Crippen molar-refractivity contribution in [2.45, 2.75) is 30.3 Å². The van der Waals surface area contributed by atoms with E-state index in [-0.39, 0.29) is 11.2 Å². The van der Waals surface area contributed by atoms with Gasteiger partial charge in [-0.3, -0.25) is 9.59 Å². The summed E-state index contributed by atoms with van der Waals surface area (Å²) in [6.45, 7) is 1.61. The molecule has 1 aromatic rings. The summed E-state index contributed by atoms with van der Waals surface area (Å²) in [5, 5.41) is 10.9.